The van der Waals surface area contributed by atoms with E-state index in [-0.39, 0.29) is 5.91 Å². The summed E-state index contributed by atoms with van der Waals surface area (Å²) in [5.41, 5.74) is 5.50. The van der Waals surface area contributed by atoms with Crippen molar-refractivity contribution >= 4 is 5.91 Å². The number of carbonyl (C=O) groups is 1. The maximum absolute atomic E-state index is 13.1. The van der Waals surface area contributed by atoms with Crippen molar-refractivity contribution in [2.24, 2.45) is 7.05 Å². The van der Waals surface area contributed by atoms with Gasteiger partial charge in [0, 0.05) is 37.3 Å². The maximum Gasteiger partial charge on any atom is 0.272 e. The third kappa shape index (κ3) is 3.06. The van der Waals surface area contributed by atoms with Crippen LogP contribution in [0.4, 0.5) is 0 Å². The van der Waals surface area contributed by atoms with E-state index in [1.807, 2.05) is 16.6 Å². The molecule has 0 aromatic carbocycles. The van der Waals surface area contributed by atoms with Gasteiger partial charge in [-0.1, -0.05) is 13.8 Å². The quantitative estimate of drug-likeness (QED) is 0.919. The standard InChI is InChI=1S/C20H29N5O/c1-13(2)17-12-18(22-21-17)14-8-10-25(11-9-14)20(26)19-15-6-4-5-7-16(15)23-24(19)3/h12-14H,4-11H2,1-3H3,(H,21,22). The number of nitrogens with one attached hydrogen (secondary N) is 1. The van der Waals surface area contributed by atoms with Crippen LogP contribution in [0, 0.1) is 0 Å². The summed E-state index contributed by atoms with van der Waals surface area (Å²) in [6.45, 7) is 5.94. The summed E-state index contributed by atoms with van der Waals surface area (Å²) in [7, 11) is 1.91. The van der Waals surface area contributed by atoms with Crippen LogP contribution >= 0.6 is 0 Å². The Bertz CT molecular complexity index is 795. The second-order valence-electron chi connectivity index (χ2n) is 8.07. The number of aryl methyl sites for hydroxylation is 2. The highest BCUT2D eigenvalue weighted by molar-refractivity contribution is 5.94. The van der Waals surface area contributed by atoms with Gasteiger partial charge in [-0.15, -0.1) is 0 Å². The van der Waals surface area contributed by atoms with Crippen molar-refractivity contribution in [3.63, 3.8) is 0 Å². The third-order valence-electron chi connectivity index (χ3n) is 5.95. The van der Waals surface area contributed by atoms with Crippen molar-refractivity contribution in [1.82, 2.24) is 24.9 Å². The molecule has 3 heterocycles. The number of hydrogen-bond donors (Lipinski definition) is 1. The van der Waals surface area contributed by atoms with Crippen molar-refractivity contribution in [1.29, 1.82) is 0 Å². The minimum Gasteiger partial charge on any atom is -0.337 e. The van der Waals surface area contributed by atoms with Gasteiger partial charge in [-0.2, -0.15) is 10.2 Å². The number of aromatic nitrogens is 4. The second-order valence-corrected chi connectivity index (χ2v) is 8.07. The molecule has 1 saturated heterocycles. The Morgan fingerprint density at radius 3 is 2.65 bits per heavy atom. The largest absolute Gasteiger partial charge is 0.337 e. The zero-order valence-electron chi connectivity index (χ0n) is 16.1. The van der Waals surface area contributed by atoms with E-state index in [1.54, 1.807) is 0 Å². The SMILES string of the molecule is CC(C)c1cc(C2CCN(C(=O)c3c4c(nn3C)CCCC4)CC2)[nH]n1. The van der Waals surface area contributed by atoms with Crippen LogP contribution in [0.25, 0.3) is 0 Å². The van der Waals surface area contributed by atoms with Crippen molar-refractivity contribution in [2.45, 2.75) is 64.2 Å². The van der Waals surface area contributed by atoms with Crippen molar-refractivity contribution in [2.75, 3.05) is 13.1 Å². The van der Waals surface area contributed by atoms with Crippen LogP contribution in [-0.4, -0.2) is 43.9 Å². The van der Waals surface area contributed by atoms with Crippen LogP contribution in [0.15, 0.2) is 6.07 Å². The Morgan fingerprint density at radius 1 is 1.23 bits per heavy atom. The van der Waals surface area contributed by atoms with Crippen LogP contribution in [0.5, 0.6) is 0 Å². The number of fused-ring (bicyclic) bond motifs is 1. The Hall–Kier alpha value is -2.11. The van der Waals surface area contributed by atoms with Gasteiger partial charge in [0.25, 0.3) is 5.91 Å². The van der Waals surface area contributed by atoms with Crippen molar-refractivity contribution in [3.05, 3.63) is 34.4 Å². The van der Waals surface area contributed by atoms with Gasteiger partial charge >= 0.3 is 0 Å². The van der Waals surface area contributed by atoms with Gasteiger partial charge in [-0.05, 0) is 50.5 Å². The molecule has 0 bridgehead atoms. The van der Waals surface area contributed by atoms with E-state index in [9.17, 15) is 4.79 Å². The summed E-state index contributed by atoms with van der Waals surface area (Å²) in [4.78, 5) is 15.2. The van der Waals surface area contributed by atoms with Gasteiger partial charge in [0.05, 0.1) is 11.4 Å². The van der Waals surface area contributed by atoms with Gasteiger partial charge in [0.15, 0.2) is 0 Å². The van der Waals surface area contributed by atoms with Crippen molar-refractivity contribution < 1.29 is 4.79 Å². The normalized spacial score (nSPS) is 18.4. The molecule has 2 aliphatic rings. The van der Waals surface area contributed by atoms with Crippen LogP contribution in [0.1, 0.15) is 84.5 Å². The Balaban J connectivity index is 1.45. The highest BCUT2D eigenvalue weighted by Crippen LogP contribution is 2.30. The van der Waals surface area contributed by atoms with Crippen molar-refractivity contribution in [3.8, 4) is 0 Å². The van der Waals surface area contributed by atoms with Crippen LogP contribution in [0.3, 0.4) is 0 Å². The summed E-state index contributed by atoms with van der Waals surface area (Å²) in [6.07, 6.45) is 6.34. The molecule has 6 nitrogen and oxygen atoms in total. The lowest BCUT2D eigenvalue weighted by atomic mass is 9.92. The second kappa shape index (κ2) is 6.89. The summed E-state index contributed by atoms with van der Waals surface area (Å²) in [5, 5.41) is 12.2. The summed E-state index contributed by atoms with van der Waals surface area (Å²) in [5.74, 6) is 1.08. The molecule has 1 fully saturated rings. The predicted molar refractivity (Wildman–Crippen MR) is 100 cm³/mol. The zero-order chi connectivity index (χ0) is 18.3. The van der Waals surface area contributed by atoms with E-state index >= 15 is 0 Å². The van der Waals surface area contributed by atoms with Gasteiger partial charge in [-0.25, -0.2) is 0 Å². The Morgan fingerprint density at radius 2 is 1.96 bits per heavy atom. The number of aromatic amines is 1. The number of amides is 1. The fourth-order valence-corrected chi connectivity index (χ4v) is 4.35. The number of carbonyl (C=O) groups excluding carboxylic acids is 1. The fourth-order valence-electron chi connectivity index (χ4n) is 4.35. The van der Waals surface area contributed by atoms with E-state index in [0.717, 1.165) is 55.9 Å². The molecule has 0 unspecified atom stereocenters. The highest BCUT2D eigenvalue weighted by Gasteiger charge is 2.30. The highest BCUT2D eigenvalue weighted by atomic mass is 16.2. The first kappa shape index (κ1) is 17.3. The third-order valence-corrected chi connectivity index (χ3v) is 5.95. The molecular formula is C20H29N5O. The minimum atomic E-state index is 0.161. The lowest BCUT2D eigenvalue weighted by Crippen LogP contribution is -2.39. The topological polar surface area (TPSA) is 66.8 Å². The van der Waals surface area contributed by atoms with Gasteiger partial charge < -0.3 is 4.90 Å². The van der Waals surface area contributed by atoms with Gasteiger partial charge in [0.2, 0.25) is 0 Å². The minimum absolute atomic E-state index is 0.161. The smallest absolute Gasteiger partial charge is 0.272 e. The molecule has 1 aliphatic carbocycles. The van der Waals surface area contributed by atoms with E-state index in [4.69, 9.17) is 0 Å². The molecule has 140 valence electrons. The van der Waals surface area contributed by atoms with Crippen LogP contribution in [-0.2, 0) is 19.9 Å². The number of rotatable bonds is 3. The number of nitrogens with zero attached hydrogens (tertiary/aromatic N) is 4. The summed E-state index contributed by atoms with van der Waals surface area (Å²) in [6, 6.07) is 2.20. The fraction of sp³-hybridized carbons (Fsp3) is 0.650. The first-order chi connectivity index (χ1) is 12.5. The number of hydrogen-bond acceptors (Lipinski definition) is 3. The van der Waals surface area contributed by atoms with Crippen LogP contribution < -0.4 is 0 Å². The first-order valence-electron chi connectivity index (χ1n) is 9.93. The molecule has 1 aliphatic heterocycles. The summed E-state index contributed by atoms with van der Waals surface area (Å²) < 4.78 is 1.81. The number of piperidine rings is 1. The average Bonchev–Trinajstić information content (AvgIpc) is 3.25. The molecule has 6 heteroatoms. The number of H-pyrrole nitrogens is 1. The average molecular weight is 355 g/mol. The van der Waals surface area contributed by atoms with E-state index in [1.165, 1.54) is 24.1 Å². The molecule has 0 atom stereocenters. The van der Waals surface area contributed by atoms with E-state index in [0.29, 0.717) is 11.8 Å². The molecule has 0 radical (unpaired) electrons. The molecular weight excluding hydrogens is 326 g/mol. The van der Waals surface area contributed by atoms with Gasteiger partial charge in [0.1, 0.15) is 5.69 Å². The molecule has 2 aromatic heterocycles. The monoisotopic (exact) mass is 355 g/mol. The molecule has 1 amide bonds. The lowest BCUT2D eigenvalue weighted by molar-refractivity contribution is 0.0699. The van der Waals surface area contributed by atoms with Gasteiger partial charge in [-0.3, -0.25) is 14.6 Å². The number of likely N-dealkylation sites (tertiary alicyclic amines) is 1. The molecule has 26 heavy (non-hydrogen) atoms. The molecule has 4 rings (SSSR count). The Labute approximate surface area is 155 Å². The first-order valence-corrected chi connectivity index (χ1v) is 9.93. The predicted octanol–water partition coefficient (Wildman–Crippen LogP) is 3.17. The maximum atomic E-state index is 13.1. The molecule has 2 aromatic rings. The molecule has 0 saturated carbocycles. The zero-order valence-corrected chi connectivity index (χ0v) is 16.1. The van der Waals surface area contributed by atoms with E-state index < -0.39 is 0 Å². The molecule has 0 spiro atoms. The Kier molecular flexibility index (Phi) is 4.59. The van der Waals surface area contributed by atoms with E-state index in [2.05, 4.69) is 35.2 Å². The lowest BCUT2D eigenvalue weighted by Gasteiger charge is -2.31. The molecule has 1 N–H and O–H groups in total. The summed E-state index contributed by atoms with van der Waals surface area (Å²) >= 11 is 0. The van der Waals surface area contributed by atoms with Crippen LogP contribution in [0.2, 0.25) is 0 Å².